The zero-order valence-electron chi connectivity index (χ0n) is 15.6. The first kappa shape index (κ1) is 21.6. The van der Waals surface area contributed by atoms with Crippen LogP contribution in [-0.2, 0) is 27.5 Å². The van der Waals surface area contributed by atoms with E-state index in [-0.39, 0.29) is 11.5 Å². The van der Waals surface area contributed by atoms with E-state index < -0.39 is 64.9 Å². The summed E-state index contributed by atoms with van der Waals surface area (Å²) in [5, 5.41) is 8.95. The molecule has 1 aromatic carbocycles. The molecule has 0 saturated heterocycles. The maximum absolute atomic E-state index is 14.1. The molecule has 0 N–H and O–H groups in total. The lowest BCUT2D eigenvalue weighted by atomic mass is 10.1. The van der Waals surface area contributed by atoms with Gasteiger partial charge in [-0.25, -0.2) is 17.6 Å². The molecule has 0 bridgehead atoms. The number of hydrogen-bond acceptors (Lipinski definition) is 4. The topological polar surface area (TPSA) is 59.3 Å². The zero-order valence-corrected chi connectivity index (χ0v) is 15.6. The smallest absolute Gasteiger partial charge is 0.310 e. The Bertz CT molecular complexity index is 857. The van der Waals surface area contributed by atoms with Crippen LogP contribution in [0.1, 0.15) is 25.0 Å². The van der Waals surface area contributed by atoms with Crippen LogP contribution in [0, 0.1) is 51.9 Å². The molecule has 2 rings (SSSR count). The fraction of sp³-hybridized carbons (Fsp3) is 0.400. The van der Waals surface area contributed by atoms with Crippen molar-refractivity contribution in [3.8, 4) is 6.07 Å². The summed E-state index contributed by atoms with van der Waals surface area (Å²) in [6, 6.07) is 1.92. The number of hydrogen-bond donors (Lipinski definition) is 0. The Kier molecular flexibility index (Phi) is 6.30. The largest absolute Gasteiger partial charge is 0.460 e. The van der Waals surface area contributed by atoms with E-state index in [1.165, 1.54) is 6.08 Å². The van der Waals surface area contributed by atoms with Gasteiger partial charge >= 0.3 is 5.97 Å². The standard InChI is InChI=1S/C20H19F4NO3/c1-5-10(7-25)6-13-14(20(13,2)3)19(26)28-9-12-17(23)15(21)11(8-27-4)16(22)18(12)24/h5-6,13-14H,1,8-9H2,2-4H3. The molecule has 8 heteroatoms. The third-order valence-corrected chi connectivity index (χ3v) is 4.97. The first-order chi connectivity index (χ1) is 13.1. The lowest BCUT2D eigenvalue weighted by Gasteiger charge is -2.12. The highest BCUT2D eigenvalue weighted by atomic mass is 19.2. The molecule has 0 amide bonds. The van der Waals surface area contributed by atoms with E-state index in [0.717, 1.165) is 7.11 Å². The van der Waals surface area contributed by atoms with Crippen molar-refractivity contribution in [3.63, 3.8) is 0 Å². The Labute approximate surface area is 160 Å². The van der Waals surface area contributed by atoms with Crippen molar-refractivity contribution < 1.29 is 31.8 Å². The number of ether oxygens (including phenoxy) is 2. The first-order valence-electron chi connectivity index (χ1n) is 8.35. The van der Waals surface area contributed by atoms with Crippen molar-refractivity contribution in [3.05, 3.63) is 58.7 Å². The van der Waals surface area contributed by atoms with Crippen LogP contribution in [0.5, 0.6) is 0 Å². The van der Waals surface area contributed by atoms with Crippen molar-refractivity contribution in [1.82, 2.24) is 0 Å². The van der Waals surface area contributed by atoms with E-state index in [9.17, 15) is 22.4 Å². The highest BCUT2D eigenvalue weighted by Gasteiger charge is 2.61. The predicted octanol–water partition coefficient (Wildman–Crippen LogP) is 4.34. The fourth-order valence-electron chi connectivity index (χ4n) is 3.14. The summed E-state index contributed by atoms with van der Waals surface area (Å²) in [6.07, 6.45) is 2.91. The Morgan fingerprint density at radius 2 is 1.64 bits per heavy atom. The van der Waals surface area contributed by atoms with Crippen molar-refractivity contribution >= 4 is 5.97 Å². The van der Waals surface area contributed by atoms with Gasteiger partial charge in [0.15, 0.2) is 23.3 Å². The fourth-order valence-corrected chi connectivity index (χ4v) is 3.14. The summed E-state index contributed by atoms with van der Waals surface area (Å²) in [5.41, 5.74) is -2.16. The lowest BCUT2D eigenvalue weighted by Crippen LogP contribution is -2.15. The molecule has 1 aliphatic rings. The highest BCUT2D eigenvalue weighted by molar-refractivity contribution is 5.78. The molecule has 0 spiro atoms. The molecule has 1 fully saturated rings. The number of allylic oxidation sites excluding steroid dienone is 3. The number of halogens is 4. The quantitative estimate of drug-likeness (QED) is 0.226. The summed E-state index contributed by atoms with van der Waals surface area (Å²) < 4.78 is 65.5. The van der Waals surface area contributed by atoms with Crippen molar-refractivity contribution in [2.75, 3.05) is 7.11 Å². The molecule has 28 heavy (non-hydrogen) atoms. The maximum Gasteiger partial charge on any atom is 0.310 e. The maximum atomic E-state index is 14.1. The van der Waals surface area contributed by atoms with Crippen molar-refractivity contribution in [2.45, 2.75) is 27.1 Å². The number of nitriles is 1. The number of carbonyl (C=O) groups is 1. The van der Waals surface area contributed by atoms with E-state index in [4.69, 9.17) is 10.00 Å². The van der Waals surface area contributed by atoms with Gasteiger partial charge in [0.05, 0.1) is 29.7 Å². The molecule has 0 heterocycles. The van der Waals surface area contributed by atoms with E-state index in [1.807, 2.05) is 6.07 Å². The van der Waals surface area contributed by atoms with Gasteiger partial charge in [-0.3, -0.25) is 4.79 Å². The van der Waals surface area contributed by atoms with Crippen LogP contribution in [0.2, 0.25) is 0 Å². The van der Waals surface area contributed by atoms with Gasteiger partial charge < -0.3 is 9.47 Å². The Hall–Kier alpha value is -2.66. The SMILES string of the molecule is C=CC(C#N)=CC1C(C(=O)OCc2c(F)c(F)c(COC)c(F)c2F)C1(C)C. The second-order valence-electron chi connectivity index (χ2n) is 7.02. The average Bonchev–Trinajstić information content (AvgIpc) is 3.21. The third kappa shape index (κ3) is 3.80. The molecule has 4 nitrogen and oxygen atoms in total. The second kappa shape index (κ2) is 8.15. The lowest BCUT2D eigenvalue weighted by molar-refractivity contribution is -0.147. The van der Waals surface area contributed by atoms with Crippen LogP contribution in [0.3, 0.4) is 0 Å². The molecular formula is C20H19F4NO3. The number of benzene rings is 1. The minimum atomic E-state index is -1.64. The van der Waals surface area contributed by atoms with E-state index in [2.05, 4.69) is 11.3 Å². The van der Waals surface area contributed by atoms with E-state index in [1.54, 1.807) is 19.9 Å². The molecule has 2 unspecified atom stereocenters. The molecule has 1 aliphatic carbocycles. The van der Waals surface area contributed by atoms with Gasteiger partial charge in [-0.1, -0.05) is 32.6 Å². The van der Waals surface area contributed by atoms with Crippen molar-refractivity contribution in [1.29, 1.82) is 5.26 Å². The predicted molar refractivity (Wildman–Crippen MR) is 91.4 cm³/mol. The Balaban J connectivity index is 2.19. The van der Waals surface area contributed by atoms with Crippen LogP contribution < -0.4 is 0 Å². The average molecular weight is 397 g/mol. The van der Waals surface area contributed by atoms with E-state index in [0.29, 0.717) is 0 Å². The Morgan fingerprint density at radius 3 is 2.07 bits per heavy atom. The first-order valence-corrected chi connectivity index (χ1v) is 8.35. The Morgan fingerprint density at radius 1 is 1.14 bits per heavy atom. The normalized spacial score (nSPS) is 20.4. The minimum absolute atomic E-state index is 0.281. The second-order valence-corrected chi connectivity index (χ2v) is 7.02. The number of carbonyl (C=O) groups excluding carboxylic acids is 1. The van der Waals surface area contributed by atoms with Crippen LogP contribution in [0.15, 0.2) is 24.3 Å². The van der Waals surface area contributed by atoms with Crippen LogP contribution in [-0.4, -0.2) is 13.1 Å². The van der Waals surface area contributed by atoms with Crippen LogP contribution in [0.25, 0.3) is 0 Å². The number of methoxy groups -OCH3 is 1. The van der Waals surface area contributed by atoms with Gasteiger partial charge in [0.2, 0.25) is 0 Å². The van der Waals surface area contributed by atoms with Gasteiger partial charge in [0.1, 0.15) is 6.61 Å². The van der Waals surface area contributed by atoms with Crippen LogP contribution in [0.4, 0.5) is 17.6 Å². The van der Waals surface area contributed by atoms with Gasteiger partial charge in [-0.15, -0.1) is 0 Å². The van der Waals surface area contributed by atoms with Gasteiger partial charge in [-0.05, 0) is 11.3 Å². The molecule has 0 aliphatic heterocycles. The molecule has 1 saturated carbocycles. The summed E-state index contributed by atoms with van der Waals surface area (Å²) >= 11 is 0. The van der Waals surface area contributed by atoms with Crippen LogP contribution >= 0.6 is 0 Å². The number of esters is 1. The molecule has 2 atom stereocenters. The van der Waals surface area contributed by atoms with Gasteiger partial charge in [-0.2, -0.15) is 5.26 Å². The summed E-state index contributed by atoms with van der Waals surface area (Å²) in [7, 11) is 1.12. The number of nitrogens with zero attached hydrogens (tertiary/aromatic N) is 1. The number of rotatable bonds is 7. The monoisotopic (exact) mass is 397 g/mol. The molecule has 0 aromatic heterocycles. The molecule has 150 valence electrons. The zero-order chi connectivity index (χ0) is 21.2. The summed E-state index contributed by atoms with van der Waals surface area (Å²) in [6.45, 7) is 5.40. The highest BCUT2D eigenvalue weighted by Crippen LogP contribution is 2.60. The minimum Gasteiger partial charge on any atom is -0.460 e. The van der Waals surface area contributed by atoms with Gasteiger partial charge in [0, 0.05) is 12.7 Å². The molecular weight excluding hydrogens is 378 g/mol. The van der Waals surface area contributed by atoms with Gasteiger partial charge in [0.25, 0.3) is 0 Å². The third-order valence-electron chi connectivity index (χ3n) is 4.97. The summed E-state index contributed by atoms with van der Waals surface area (Å²) in [5.74, 6) is -8.24. The molecule has 0 radical (unpaired) electrons. The van der Waals surface area contributed by atoms with E-state index >= 15 is 0 Å². The summed E-state index contributed by atoms with van der Waals surface area (Å²) in [4.78, 5) is 12.3. The van der Waals surface area contributed by atoms with Crippen molar-refractivity contribution in [2.24, 2.45) is 17.3 Å². The molecule has 1 aromatic rings.